The van der Waals surface area contributed by atoms with Gasteiger partial charge in [-0.15, -0.1) is 0 Å². The van der Waals surface area contributed by atoms with Crippen molar-refractivity contribution in [1.82, 2.24) is 20.1 Å². The highest BCUT2D eigenvalue weighted by molar-refractivity contribution is 5.93. The molecule has 2 aromatic heterocycles. The Hall–Kier alpha value is -2.68. The van der Waals surface area contributed by atoms with Gasteiger partial charge in [0.05, 0.1) is 17.8 Å². The van der Waals surface area contributed by atoms with Crippen LogP contribution in [0.2, 0.25) is 0 Å². The molecule has 2 aromatic rings. The molecule has 2 heterocycles. The first-order chi connectivity index (χ1) is 9.60. The van der Waals surface area contributed by atoms with E-state index in [2.05, 4.69) is 15.4 Å². The Morgan fingerprint density at radius 1 is 1.50 bits per heavy atom. The fourth-order valence-corrected chi connectivity index (χ4v) is 1.70. The highest BCUT2D eigenvalue weighted by Crippen LogP contribution is 2.05. The highest BCUT2D eigenvalue weighted by Gasteiger charge is 2.10. The number of hydrogen-bond donors (Lipinski definition) is 1. The number of carbonyl (C=O) groups excluding carboxylic acids is 1. The fourth-order valence-electron chi connectivity index (χ4n) is 1.70. The number of aryl methyl sites for hydroxylation is 1. The van der Waals surface area contributed by atoms with Gasteiger partial charge in [0.25, 0.3) is 5.91 Å². The van der Waals surface area contributed by atoms with Crippen LogP contribution < -0.4 is 5.32 Å². The second kappa shape index (κ2) is 5.97. The number of carbonyl (C=O) groups is 1. The molecule has 6 heteroatoms. The van der Waals surface area contributed by atoms with E-state index in [1.165, 1.54) is 12.3 Å². The number of nitrogens with zero attached hydrogens (tertiary/aromatic N) is 4. The summed E-state index contributed by atoms with van der Waals surface area (Å²) in [6.07, 6.45) is 5.11. The van der Waals surface area contributed by atoms with Crippen molar-refractivity contribution in [2.24, 2.45) is 0 Å². The van der Waals surface area contributed by atoms with Gasteiger partial charge in [-0.3, -0.25) is 9.48 Å². The molecule has 1 N–H and O–H groups in total. The van der Waals surface area contributed by atoms with Crippen LogP contribution in [0.15, 0.2) is 30.7 Å². The van der Waals surface area contributed by atoms with Crippen LogP contribution in [0.5, 0.6) is 0 Å². The number of nitriles is 1. The van der Waals surface area contributed by atoms with Crippen molar-refractivity contribution in [3.63, 3.8) is 0 Å². The Kier molecular flexibility index (Phi) is 4.11. The largest absolute Gasteiger partial charge is 0.350 e. The number of amides is 1. The molecule has 0 saturated heterocycles. The maximum Gasteiger partial charge on any atom is 0.252 e. The number of pyridine rings is 1. The summed E-state index contributed by atoms with van der Waals surface area (Å²) in [7, 11) is 0. The van der Waals surface area contributed by atoms with Crippen molar-refractivity contribution in [2.45, 2.75) is 19.9 Å². The topological polar surface area (TPSA) is 83.6 Å². The second-order valence-electron chi connectivity index (χ2n) is 4.60. The molecule has 0 aliphatic rings. The van der Waals surface area contributed by atoms with Gasteiger partial charge in [0.1, 0.15) is 11.8 Å². The van der Waals surface area contributed by atoms with Gasteiger partial charge in [-0.05, 0) is 31.5 Å². The van der Waals surface area contributed by atoms with Gasteiger partial charge >= 0.3 is 0 Å². The molecule has 1 amide bonds. The Morgan fingerprint density at radius 3 is 2.85 bits per heavy atom. The van der Waals surface area contributed by atoms with E-state index in [9.17, 15) is 4.79 Å². The molecule has 0 aromatic carbocycles. The van der Waals surface area contributed by atoms with Gasteiger partial charge < -0.3 is 5.32 Å². The second-order valence-corrected chi connectivity index (χ2v) is 4.60. The van der Waals surface area contributed by atoms with Gasteiger partial charge in [-0.2, -0.15) is 10.4 Å². The van der Waals surface area contributed by atoms with Crippen LogP contribution in [0.25, 0.3) is 0 Å². The first-order valence-corrected chi connectivity index (χ1v) is 6.25. The van der Waals surface area contributed by atoms with E-state index in [1.807, 2.05) is 30.8 Å². The SMILES string of the molecule is Cc1cnn([C@H](C)CNC(=O)c2ccc(C#N)nc2)c1. The lowest BCUT2D eigenvalue weighted by Gasteiger charge is -2.13. The third-order valence-electron chi connectivity index (χ3n) is 2.88. The van der Waals surface area contributed by atoms with E-state index in [4.69, 9.17) is 5.26 Å². The number of rotatable bonds is 4. The monoisotopic (exact) mass is 269 g/mol. The van der Waals surface area contributed by atoms with Gasteiger partial charge in [-0.25, -0.2) is 4.98 Å². The Labute approximate surface area is 117 Å². The average molecular weight is 269 g/mol. The van der Waals surface area contributed by atoms with E-state index in [0.29, 0.717) is 17.8 Å². The van der Waals surface area contributed by atoms with Crippen molar-refractivity contribution in [3.05, 3.63) is 47.5 Å². The van der Waals surface area contributed by atoms with E-state index >= 15 is 0 Å². The Bertz CT molecular complexity index is 638. The summed E-state index contributed by atoms with van der Waals surface area (Å²) in [5, 5.41) is 15.7. The zero-order chi connectivity index (χ0) is 14.5. The molecule has 0 bridgehead atoms. The zero-order valence-corrected chi connectivity index (χ0v) is 11.4. The summed E-state index contributed by atoms with van der Waals surface area (Å²) < 4.78 is 1.81. The third-order valence-corrected chi connectivity index (χ3v) is 2.88. The van der Waals surface area contributed by atoms with Crippen molar-refractivity contribution in [3.8, 4) is 6.07 Å². The summed E-state index contributed by atoms with van der Waals surface area (Å²) in [6.45, 7) is 4.42. The summed E-state index contributed by atoms with van der Waals surface area (Å²) in [5.74, 6) is -0.210. The van der Waals surface area contributed by atoms with E-state index in [1.54, 1.807) is 12.3 Å². The van der Waals surface area contributed by atoms with Crippen LogP contribution in [0.4, 0.5) is 0 Å². The van der Waals surface area contributed by atoms with Crippen molar-refractivity contribution >= 4 is 5.91 Å². The Morgan fingerprint density at radius 2 is 2.30 bits per heavy atom. The van der Waals surface area contributed by atoms with Crippen molar-refractivity contribution in [2.75, 3.05) is 6.54 Å². The standard InChI is InChI=1S/C14H15N5O/c1-10-6-18-19(9-10)11(2)7-17-14(20)12-3-4-13(5-15)16-8-12/h3-4,6,8-9,11H,7H2,1-2H3,(H,17,20)/t11-/m1/s1. The summed E-state index contributed by atoms with van der Waals surface area (Å²) in [5.41, 5.74) is 1.81. The van der Waals surface area contributed by atoms with E-state index in [0.717, 1.165) is 5.56 Å². The quantitative estimate of drug-likeness (QED) is 0.910. The predicted octanol–water partition coefficient (Wildman–Crippen LogP) is 1.45. The van der Waals surface area contributed by atoms with Gasteiger partial charge in [0.15, 0.2) is 0 Å². The molecular weight excluding hydrogens is 254 g/mol. The molecule has 0 fully saturated rings. The summed E-state index contributed by atoms with van der Waals surface area (Å²) in [6, 6.07) is 5.09. The number of nitrogens with one attached hydrogen (secondary N) is 1. The molecule has 0 saturated carbocycles. The molecule has 0 radical (unpaired) electrons. The summed E-state index contributed by atoms with van der Waals surface area (Å²) >= 11 is 0. The average Bonchev–Trinajstić information content (AvgIpc) is 2.91. The lowest BCUT2D eigenvalue weighted by Crippen LogP contribution is -2.29. The lowest BCUT2D eigenvalue weighted by molar-refractivity contribution is 0.0947. The molecule has 0 spiro atoms. The molecule has 102 valence electrons. The summed E-state index contributed by atoms with van der Waals surface area (Å²) in [4.78, 5) is 15.8. The Balaban J connectivity index is 1.93. The molecule has 6 nitrogen and oxygen atoms in total. The molecule has 0 aliphatic carbocycles. The molecule has 0 unspecified atom stereocenters. The van der Waals surface area contributed by atoms with Crippen LogP contribution in [0.1, 0.15) is 34.6 Å². The van der Waals surface area contributed by atoms with Crippen LogP contribution in [0.3, 0.4) is 0 Å². The third kappa shape index (κ3) is 3.20. The van der Waals surface area contributed by atoms with Crippen LogP contribution in [-0.2, 0) is 0 Å². The minimum Gasteiger partial charge on any atom is -0.350 e. The minimum atomic E-state index is -0.210. The smallest absolute Gasteiger partial charge is 0.252 e. The van der Waals surface area contributed by atoms with Gasteiger partial charge in [-0.1, -0.05) is 0 Å². The molecule has 20 heavy (non-hydrogen) atoms. The number of aromatic nitrogens is 3. The van der Waals surface area contributed by atoms with E-state index < -0.39 is 0 Å². The number of hydrogen-bond acceptors (Lipinski definition) is 4. The van der Waals surface area contributed by atoms with E-state index in [-0.39, 0.29) is 11.9 Å². The molecule has 1 atom stereocenters. The van der Waals surface area contributed by atoms with Gasteiger partial charge in [0.2, 0.25) is 0 Å². The maximum absolute atomic E-state index is 11.9. The van der Waals surface area contributed by atoms with Crippen LogP contribution in [0, 0.1) is 18.3 Å². The molecule has 2 rings (SSSR count). The highest BCUT2D eigenvalue weighted by atomic mass is 16.1. The van der Waals surface area contributed by atoms with Gasteiger partial charge in [0, 0.05) is 18.9 Å². The zero-order valence-electron chi connectivity index (χ0n) is 11.4. The fraction of sp³-hybridized carbons (Fsp3) is 0.286. The maximum atomic E-state index is 11.9. The molecular formula is C14H15N5O. The normalized spacial score (nSPS) is 11.7. The predicted molar refractivity (Wildman–Crippen MR) is 73.0 cm³/mol. The van der Waals surface area contributed by atoms with Crippen molar-refractivity contribution < 1.29 is 4.79 Å². The van der Waals surface area contributed by atoms with Crippen molar-refractivity contribution in [1.29, 1.82) is 5.26 Å². The minimum absolute atomic E-state index is 0.0685. The van der Waals surface area contributed by atoms with Crippen LogP contribution in [-0.4, -0.2) is 27.2 Å². The molecule has 0 aliphatic heterocycles. The first-order valence-electron chi connectivity index (χ1n) is 6.25. The lowest BCUT2D eigenvalue weighted by atomic mass is 10.2. The first kappa shape index (κ1) is 13.7. The van der Waals surface area contributed by atoms with Crippen LogP contribution >= 0.6 is 0 Å².